The third-order valence-corrected chi connectivity index (χ3v) is 4.98. The first kappa shape index (κ1) is 22.7. The molecule has 31 heavy (non-hydrogen) atoms. The molecule has 10 heteroatoms. The number of nitrogens with zero attached hydrogens (tertiary/aromatic N) is 3. The van der Waals surface area contributed by atoms with E-state index in [-0.39, 0.29) is 23.5 Å². The third kappa shape index (κ3) is 5.01. The summed E-state index contributed by atoms with van der Waals surface area (Å²) in [7, 11) is 1.37. The molecule has 1 amide bonds. The van der Waals surface area contributed by atoms with Crippen LogP contribution < -0.4 is 5.43 Å². The largest absolute Gasteiger partial charge is 0.416 e. The molecule has 1 aromatic heterocycles. The van der Waals surface area contributed by atoms with E-state index in [1.807, 2.05) is 0 Å². The van der Waals surface area contributed by atoms with Gasteiger partial charge in [0.05, 0.1) is 11.3 Å². The number of amides is 1. The quantitative estimate of drug-likeness (QED) is 0.489. The first-order valence-electron chi connectivity index (χ1n) is 8.95. The van der Waals surface area contributed by atoms with Gasteiger partial charge >= 0.3 is 6.18 Å². The van der Waals surface area contributed by atoms with Gasteiger partial charge in [-0.25, -0.2) is 9.07 Å². The van der Waals surface area contributed by atoms with Gasteiger partial charge in [-0.2, -0.15) is 18.3 Å². The number of hydrogen-bond donors (Lipinski definition) is 0. The summed E-state index contributed by atoms with van der Waals surface area (Å²) in [5.41, 5.74) is -1.55. The fourth-order valence-electron chi connectivity index (χ4n) is 2.94. The van der Waals surface area contributed by atoms with Crippen LogP contribution in [0.15, 0.2) is 57.8 Å². The number of carbonyl (C=O) groups excluding carboxylic acids is 1. The van der Waals surface area contributed by atoms with E-state index in [9.17, 15) is 27.2 Å². The van der Waals surface area contributed by atoms with Gasteiger partial charge in [-0.3, -0.25) is 9.59 Å². The number of rotatable bonds is 4. The molecule has 3 aromatic rings. The highest BCUT2D eigenvalue weighted by Crippen LogP contribution is 2.30. The molecule has 0 saturated heterocycles. The second kappa shape index (κ2) is 8.62. The van der Waals surface area contributed by atoms with Gasteiger partial charge in [0.2, 0.25) is 5.43 Å². The molecule has 0 aliphatic carbocycles. The molecule has 0 aliphatic heterocycles. The van der Waals surface area contributed by atoms with Crippen LogP contribution in [0.1, 0.15) is 27.3 Å². The van der Waals surface area contributed by atoms with E-state index in [1.54, 1.807) is 0 Å². The van der Waals surface area contributed by atoms with Gasteiger partial charge in [-0.15, -0.1) is 0 Å². The first-order chi connectivity index (χ1) is 14.5. The predicted molar refractivity (Wildman–Crippen MR) is 109 cm³/mol. The van der Waals surface area contributed by atoms with Gasteiger partial charge in [-0.05, 0) is 43.3 Å². The lowest BCUT2D eigenvalue weighted by Gasteiger charge is -2.18. The topological polar surface area (TPSA) is 55.2 Å². The normalized spacial score (nSPS) is 11.5. The van der Waals surface area contributed by atoms with E-state index in [4.69, 9.17) is 0 Å². The Labute approximate surface area is 183 Å². The maximum Gasteiger partial charge on any atom is 0.416 e. The third-order valence-electron chi connectivity index (χ3n) is 4.49. The van der Waals surface area contributed by atoms with Gasteiger partial charge in [0.25, 0.3) is 5.91 Å². The van der Waals surface area contributed by atoms with Crippen LogP contribution in [-0.4, -0.2) is 27.6 Å². The maximum absolute atomic E-state index is 14.0. The molecule has 0 aliphatic rings. The molecule has 3 rings (SSSR count). The van der Waals surface area contributed by atoms with E-state index >= 15 is 0 Å². The molecule has 0 fully saturated rings. The Kier molecular flexibility index (Phi) is 6.30. The van der Waals surface area contributed by atoms with Gasteiger partial charge in [0, 0.05) is 35.4 Å². The molecule has 0 bridgehead atoms. The Hall–Kier alpha value is -3.01. The fraction of sp³-hybridized carbons (Fsp3) is 0.190. The molecule has 0 spiro atoms. The average molecular weight is 498 g/mol. The van der Waals surface area contributed by atoms with Crippen LogP contribution in [-0.2, 0) is 12.7 Å². The van der Waals surface area contributed by atoms with Crippen molar-refractivity contribution in [2.75, 3.05) is 7.05 Å². The van der Waals surface area contributed by atoms with Crippen LogP contribution in [0, 0.1) is 12.7 Å². The zero-order valence-electron chi connectivity index (χ0n) is 16.4. The molecular weight excluding hydrogens is 482 g/mol. The van der Waals surface area contributed by atoms with Crippen molar-refractivity contribution in [3.63, 3.8) is 0 Å². The number of aryl methyl sites for hydroxylation is 1. The fourth-order valence-corrected chi connectivity index (χ4v) is 3.35. The van der Waals surface area contributed by atoms with Crippen LogP contribution in [0.3, 0.4) is 0 Å². The van der Waals surface area contributed by atoms with Gasteiger partial charge in [0.15, 0.2) is 5.69 Å². The van der Waals surface area contributed by atoms with Crippen molar-refractivity contribution in [3.05, 3.63) is 91.6 Å². The smallest absolute Gasteiger partial charge is 0.336 e. The van der Waals surface area contributed by atoms with E-state index < -0.39 is 34.6 Å². The molecule has 0 N–H and O–H groups in total. The maximum atomic E-state index is 14.0. The van der Waals surface area contributed by atoms with E-state index in [2.05, 4.69) is 21.0 Å². The van der Waals surface area contributed by atoms with Crippen molar-refractivity contribution >= 4 is 21.8 Å². The molecule has 1 heterocycles. The Bertz CT molecular complexity index is 1210. The molecule has 0 saturated carbocycles. The summed E-state index contributed by atoms with van der Waals surface area (Å²) in [5, 5.41) is 4.01. The zero-order valence-corrected chi connectivity index (χ0v) is 18.0. The summed E-state index contributed by atoms with van der Waals surface area (Å²) in [4.78, 5) is 26.3. The van der Waals surface area contributed by atoms with Gasteiger partial charge < -0.3 is 4.90 Å². The minimum atomic E-state index is -4.56. The minimum absolute atomic E-state index is 0.0436. The van der Waals surface area contributed by atoms with E-state index in [0.29, 0.717) is 4.47 Å². The predicted octanol–water partition coefficient (Wildman–Crippen LogP) is 4.73. The lowest BCUT2D eigenvalue weighted by atomic mass is 10.2. The average Bonchev–Trinajstić information content (AvgIpc) is 2.70. The highest BCUT2D eigenvalue weighted by atomic mass is 79.9. The molecule has 2 aromatic carbocycles. The minimum Gasteiger partial charge on any atom is -0.336 e. The number of halogens is 5. The van der Waals surface area contributed by atoms with Crippen molar-refractivity contribution in [2.45, 2.75) is 19.6 Å². The number of hydrogen-bond acceptors (Lipinski definition) is 3. The van der Waals surface area contributed by atoms with E-state index in [0.717, 1.165) is 27.8 Å². The van der Waals surface area contributed by atoms with Crippen LogP contribution in [0.4, 0.5) is 17.6 Å². The molecule has 0 radical (unpaired) electrons. The van der Waals surface area contributed by atoms with Crippen molar-refractivity contribution in [1.82, 2.24) is 14.7 Å². The zero-order chi connectivity index (χ0) is 22.9. The Balaban J connectivity index is 1.98. The highest BCUT2D eigenvalue weighted by Gasteiger charge is 2.30. The van der Waals surface area contributed by atoms with Crippen molar-refractivity contribution in [3.8, 4) is 5.69 Å². The Morgan fingerprint density at radius 2 is 1.87 bits per heavy atom. The summed E-state index contributed by atoms with van der Waals surface area (Å²) >= 11 is 3.23. The van der Waals surface area contributed by atoms with Gasteiger partial charge in [0.1, 0.15) is 5.82 Å². The summed E-state index contributed by atoms with van der Waals surface area (Å²) in [6.45, 7) is 1.35. The summed E-state index contributed by atoms with van der Waals surface area (Å²) in [5.74, 6) is -1.31. The molecule has 0 unspecified atom stereocenters. The molecule has 0 atom stereocenters. The molecule has 162 valence electrons. The van der Waals surface area contributed by atoms with Crippen molar-refractivity contribution in [1.29, 1.82) is 0 Å². The lowest BCUT2D eigenvalue weighted by molar-refractivity contribution is -0.137. The first-order valence-corrected chi connectivity index (χ1v) is 9.74. The highest BCUT2D eigenvalue weighted by molar-refractivity contribution is 9.10. The number of aromatic nitrogens is 2. The summed E-state index contributed by atoms with van der Waals surface area (Å²) in [6.07, 6.45) is -4.56. The van der Waals surface area contributed by atoms with Crippen molar-refractivity contribution < 1.29 is 22.4 Å². The number of carbonyl (C=O) groups is 1. The second-order valence-corrected chi connectivity index (χ2v) is 7.77. The standard InChI is InChI=1S/C21H16BrF4N3O2/c1-12-8-18(30)19(20(31)28(2)11-13-9-15(22)6-7-17(13)23)27-29(12)16-5-3-4-14(10-16)21(24,25)26/h3-10H,11H2,1-2H3. The van der Waals surface area contributed by atoms with Crippen molar-refractivity contribution in [2.24, 2.45) is 0 Å². The number of benzene rings is 2. The monoisotopic (exact) mass is 497 g/mol. The lowest BCUT2D eigenvalue weighted by Crippen LogP contribution is -2.33. The van der Waals surface area contributed by atoms with Crippen LogP contribution in [0.2, 0.25) is 0 Å². The van der Waals surface area contributed by atoms with E-state index in [1.165, 1.54) is 44.3 Å². The van der Waals surface area contributed by atoms with Gasteiger partial charge in [-0.1, -0.05) is 22.0 Å². The van der Waals surface area contributed by atoms with Crippen LogP contribution >= 0.6 is 15.9 Å². The van der Waals surface area contributed by atoms with Crippen LogP contribution in [0.25, 0.3) is 5.69 Å². The second-order valence-electron chi connectivity index (χ2n) is 6.86. The molecule has 5 nitrogen and oxygen atoms in total. The summed E-state index contributed by atoms with van der Waals surface area (Å²) in [6, 6.07) is 9.75. The molecular formula is C21H16BrF4N3O2. The Morgan fingerprint density at radius 1 is 1.16 bits per heavy atom. The SMILES string of the molecule is Cc1cc(=O)c(C(=O)N(C)Cc2cc(Br)ccc2F)nn1-c1cccc(C(F)(F)F)c1. The Morgan fingerprint density at radius 3 is 2.55 bits per heavy atom. The van der Waals surface area contributed by atoms with Crippen LogP contribution in [0.5, 0.6) is 0 Å². The number of alkyl halides is 3. The summed E-state index contributed by atoms with van der Waals surface area (Å²) < 4.78 is 54.9.